The number of amides is 2. The molecule has 1 atom stereocenters. The lowest BCUT2D eigenvalue weighted by atomic mass is 9.96. The number of aryl methyl sites for hydroxylation is 1. The third kappa shape index (κ3) is 5.29. The highest BCUT2D eigenvalue weighted by atomic mass is 16.5. The number of fused-ring (bicyclic) bond motifs is 2. The minimum Gasteiger partial charge on any atom is -0.496 e. The standard InChI is InChI=1S/C38H36N4O3/c1-26-22-27(16-18-31(26)32-12-4-6-15-36(32)45-2)37(43)42-25-30-17-19-35(41(30)24-29-10-3-5-13-34(29)42)38(44)40-21-8-7-14-33(40)28-11-9-20-39-23-28/h3-6,9-13,15-20,22-23,33H,7-8,14,21,24-25H2,1-2H3. The van der Waals surface area contributed by atoms with Gasteiger partial charge in [0.05, 0.1) is 26.2 Å². The van der Waals surface area contributed by atoms with Crippen molar-refractivity contribution in [2.45, 2.75) is 45.3 Å². The number of likely N-dealkylation sites (tertiary alicyclic amines) is 1. The van der Waals surface area contributed by atoms with Crippen molar-refractivity contribution in [3.8, 4) is 16.9 Å². The van der Waals surface area contributed by atoms with Crippen LogP contribution in [0.1, 0.15) is 68.5 Å². The number of aromatic nitrogens is 2. The Morgan fingerprint density at radius 1 is 0.844 bits per heavy atom. The van der Waals surface area contributed by atoms with Crippen LogP contribution in [0.25, 0.3) is 11.1 Å². The highest BCUT2D eigenvalue weighted by molar-refractivity contribution is 6.07. The maximum atomic E-state index is 14.2. The first-order chi connectivity index (χ1) is 22.0. The zero-order valence-electron chi connectivity index (χ0n) is 25.6. The molecule has 7 nitrogen and oxygen atoms in total. The van der Waals surface area contributed by atoms with Gasteiger partial charge in [-0.15, -0.1) is 0 Å². The van der Waals surface area contributed by atoms with Crippen LogP contribution in [-0.4, -0.2) is 39.9 Å². The van der Waals surface area contributed by atoms with Crippen LogP contribution in [0, 0.1) is 6.92 Å². The summed E-state index contributed by atoms with van der Waals surface area (Å²) in [5.74, 6) is 0.741. The van der Waals surface area contributed by atoms with E-state index in [0.717, 1.165) is 64.2 Å². The Morgan fingerprint density at radius 3 is 2.51 bits per heavy atom. The summed E-state index contributed by atoms with van der Waals surface area (Å²) in [6, 6.07) is 29.7. The van der Waals surface area contributed by atoms with Gasteiger partial charge in [0.2, 0.25) is 0 Å². The average Bonchev–Trinajstić information content (AvgIpc) is 3.40. The van der Waals surface area contributed by atoms with Gasteiger partial charge in [0.1, 0.15) is 11.4 Å². The molecule has 5 aromatic rings. The number of para-hydroxylation sites is 2. The van der Waals surface area contributed by atoms with Gasteiger partial charge < -0.3 is 19.1 Å². The fraction of sp³-hybridized carbons (Fsp3) is 0.237. The van der Waals surface area contributed by atoms with Gasteiger partial charge >= 0.3 is 0 Å². The second-order valence-electron chi connectivity index (χ2n) is 11.8. The summed E-state index contributed by atoms with van der Waals surface area (Å²) in [7, 11) is 1.67. The lowest BCUT2D eigenvalue weighted by Gasteiger charge is -2.36. The maximum absolute atomic E-state index is 14.2. The Bertz CT molecular complexity index is 1880. The van der Waals surface area contributed by atoms with Crippen molar-refractivity contribution in [3.63, 3.8) is 0 Å². The van der Waals surface area contributed by atoms with Crippen molar-refractivity contribution >= 4 is 17.5 Å². The topological polar surface area (TPSA) is 67.7 Å². The molecule has 0 radical (unpaired) electrons. The monoisotopic (exact) mass is 596 g/mol. The smallest absolute Gasteiger partial charge is 0.271 e. The van der Waals surface area contributed by atoms with Crippen LogP contribution in [0.4, 0.5) is 5.69 Å². The molecule has 0 bridgehead atoms. The molecule has 3 aromatic carbocycles. The van der Waals surface area contributed by atoms with Gasteiger partial charge in [-0.05, 0) is 90.9 Å². The molecular weight excluding hydrogens is 560 g/mol. The number of ether oxygens (including phenoxy) is 1. The molecule has 45 heavy (non-hydrogen) atoms. The van der Waals surface area contributed by atoms with Crippen LogP contribution >= 0.6 is 0 Å². The van der Waals surface area contributed by atoms with Crippen molar-refractivity contribution in [1.82, 2.24) is 14.5 Å². The maximum Gasteiger partial charge on any atom is 0.271 e. The van der Waals surface area contributed by atoms with Gasteiger partial charge in [0.15, 0.2) is 0 Å². The number of rotatable bonds is 5. The van der Waals surface area contributed by atoms with Crippen LogP contribution in [0.2, 0.25) is 0 Å². The number of piperidine rings is 1. The molecule has 226 valence electrons. The summed E-state index contributed by atoms with van der Waals surface area (Å²) in [4.78, 5) is 36.6. The first kappa shape index (κ1) is 28.6. The molecule has 2 aliphatic rings. The molecule has 1 fully saturated rings. The van der Waals surface area contributed by atoms with Crippen LogP contribution in [0.3, 0.4) is 0 Å². The van der Waals surface area contributed by atoms with E-state index in [2.05, 4.69) is 15.6 Å². The van der Waals surface area contributed by atoms with Gasteiger partial charge in [-0.1, -0.05) is 48.5 Å². The van der Waals surface area contributed by atoms with E-state index in [-0.39, 0.29) is 17.9 Å². The van der Waals surface area contributed by atoms with Crippen molar-refractivity contribution < 1.29 is 14.3 Å². The Balaban J connectivity index is 1.22. The first-order valence-electron chi connectivity index (χ1n) is 15.6. The highest BCUT2D eigenvalue weighted by Gasteiger charge is 2.33. The van der Waals surface area contributed by atoms with E-state index in [0.29, 0.717) is 30.9 Å². The molecule has 0 spiro atoms. The molecule has 1 saturated heterocycles. The summed E-state index contributed by atoms with van der Waals surface area (Å²) in [5.41, 5.74) is 8.15. The molecular formula is C38H36N4O3. The van der Waals surface area contributed by atoms with E-state index < -0.39 is 0 Å². The predicted molar refractivity (Wildman–Crippen MR) is 176 cm³/mol. The van der Waals surface area contributed by atoms with E-state index in [9.17, 15) is 9.59 Å². The van der Waals surface area contributed by atoms with Crippen LogP contribution < -0.4 is 9.64 Å². The second kappa shape index (κ2) is 12.1. The normalized spacial score (nSPS) is 16.0. The molecule has 1 unspecified atom stereocenters. The summed E-state index contributed by atoms with van der Waals surface area (Å²) < 4.78 is 7.69. The quantitative estimate of drug-likeness (QED) is 0.211. The molecule has 2 amide bonds. The number of methoxy groups -OCH3 is 1. The SMILES string of the molecule is COc1ccccc1-c1ccc(C(=O)N2Cc3ccc(C(=O)N4CCCCC4c4cccnc4)n3Cc3ccccc32)cc1C. The number of anilines is 1. The number of hydrogen-bond donors (Lipinski definition) is 0. The van der Waals surface area contributed by atoms with E-state index in [4.69, 9.17) is 4.74 Å². The third-order valence-corrected chi connectivity index (χ3v) is 9.17. The molecule has 7 heteroatoms. The highest BCUT2D eigenvalue weighted by Crippen LogP contribution is 2.36. The largest absolute Gasteiger partial charge is 0.496 e. The summed E-state index contributed by atoms with van der Waals surface area (Å²) in [6.45, 7) is 3.62. The predicted octanol–water partition coefficient (Wildman–Crippen LogP) is 7.44. The van der Waals surface area contributed by atoms with Crippen LogP contribution in [0.5, 0.6) is 5.75 Å². The minimum atomic E-state index is -0.0766. The molecule has 0 aliphatic carbocycles. The first-order valence-corrected chi connectivity index (χ1v) is 15.6. The van der Waals surface area contributed by atoms with Crippen molar-refractivity contribution in [2.75, 3.05) is 18.6 Å². The number of carbonyl (C=O) groups is 2. The molecule has 2 aliphatic heterocycles. The van der Waals surface area contributed by atoms with Gasteiger partial charge in [0, 0.05) is 41.4 Å². The lowest BCUT2D eigenvalue weighted by molar-refractivity contribution is 0.0600. The van der Waals surface area contributed by atoms with E-state index in [1.165, 1.54) is 0 Å². The van der Waals surface area contributed by atoms with Crippen molar-refractivity contribution in [1.29, 1.82) is 0 Å². The number of carbonyl (C=O) groups excluding carboxylic acids is 2. The average molecular weight is 597 g/mol. The fourth-order valence-electron chi connectivity index (χ4n) is 6.89. The number of benzene rings is 3. The van der Waals surface area contributed by atoms with E-state index >= 15 is 0 Å². The summed E-state index contributed by atoms with van der Waals surface area (Å²) >= 11 is 0. The van der Waals surface area contributed by atoms with Crippen molar-refractivity contribution in [3.05, 3.63) is 137 Å². The molecule has 4 heterocycles. The van der Waals surface area contributed by atoms with Crippen molar-refractivity contribution in [2.24, 2.45) is 0 Å². The van der Waals surface area contributed by atoms with Gasteiger partial charge in [-0.3, -0.25) is 14.6 Å². The molecule has 2 aromatic heterocycles. The number of pyridine rings is 1. The molecule has 0 N–H and O–H groups in total. The Kier molecular flexibility index (Phi) is 7.67. The zero-order chi connectivity index (χ0) is 30.9. The minimum absolute atomic E-state index is 0.00399. The molecule has 7 rings (SSSR count). The Hall–Kier alpha value is -5.17. The lowest BCUT2D eigenvalue weighted by Crippen LogP contribution is -2.39. The second-order valence-corrected chi connectivity index (χ2v) is 11.8. The summed E-state index contributed by atoms with van der Waals surface area (Å²) in [6.07, 6.45) is 6.63. The number of nitrogens with zero attached hydrogens (tertiary/aromatic N) is 4. The van der Waals surface area contributed by atoms with E-state index in [1.54, 1.807) is 13.3 Å². The Labute approximate surface area is 263 Å². The van der Waals surface area contributed by atoms with Gasteiger partial charge in [-0.2, -0.15) is 0 Å². The van der Waals surface area contributed by atoms with Crippen LogP contribution in [-0.2, 0) is 13.1 Å². The molecule has 0 saturated carbocycles. The van der Waals surface area contributed by atoms with E-state index in [1.807, 2.05) is 108 Å². The van der Waals surface area contributed by atoms with Crippen LogP contribution in [0.15, 0.2) is 103 Å². The fourth-order valence-corrected chi connectivity index (χ4v) is 6.89. The zero-order valence-corrected chi connectivity index (χ0v) is 25.6. The van der Waals surface area contributed by atoms with Gasteiger partial charge in [0.25, 0.3) is 11.8 Å². The van der Waals surface area contributed by atoms with Gasteiger partial charge in [-0.25, -0.2) is 0 Å². The Morgan fingerprint density at radius 2 is 1.69 bits per heavy atom. The summed E-state index contributed by atoms with van der Waals surface area (Å²) in [5, 5.41) is 0. The number of hydrogen-bond acceptors (Lipinski definition) is 4. The third-order valence-electron chi connectivity index (χ3n) is 9.17.